The first-order valence-corrected chi connectivity index (χ1v) is 8.56. The molecule has 1 aliphatic rings. The molecule has 0 amide bonds. The van der Waals surface area contributed by atoms with E-state index in [-0.39, 0.29) is 4.90 Å². The molecule has 1 aromatic rings. The molecule has 0 radical (unpaired) electrons. The van der Waals surface area contributed by atoms with Gasteiger partial charge in [0.1, 0.15) is 0 Å². The van der Waals surface area contributed by atoms with E-state index in [1.165, 1.54) is 12.1 Å². The van der Waals surface area contributed by atoms with Crippen LogP contribution in [0.15, 0.2) is 23.1 Å². The Kier molecular flexibility index (Phi) is 3.74. The molecular weight excluding hydrogens is 298 g/mol. The van der Waals surface area contributed by atoms with E-state index in [0.717, 1.165) is 6.26 Å². The van der Waals surface area contributed by atoms with Crippen molar-refractivity contribution in [2.24, 2.45) is 0 Å². The van der Waals surface area contributed by atoms with Gasteiger partial charge in [-0.25, -0.2) is 8.42 Å². The number of benzene rings is 1. The Balaban J connectivity index is 2.45. The number of hydrogen-bond donors (Lipinski definition) is 0. The minimum Gasteiger partial charge on any atom is -0.399 e. The molecule has 1 aliphatic heterocycles. The van der Waals surface area contributed by atoms with E-state index < -0.39 is 28.2 Å². The molecular formula is C13H18BClO4S. The molecule has 1 aromatic carbocycles. The van der Waals surface area contributed by atoms with Crippen molar-refractivity contribution < 1.29 is 17.7 Å². The first kappa shape index (κ1) is 15.8. The second-order valence-corrected chi connectivity index (χ2v) is 8.47. The second-order valence-electron chi connectivity index (χ2n) is 6.04. The van der Waals surface area contributed by atoms with Crippen LogP contribution >= 0.6 is 11.6 Å². The van der Waals surface area contributed by atoms with E-state index in [1.807, 2.05) is 27.7 Å². The zero-order valence-corrected chi connectivity index (χ0v) is 13.8. The molecule has 0 unspecified atom stereocenters. The average Bonchev–Trinajstić information content (AvgIpc) is 2.46. The molecule has 0 aliphatic carbocycles. The molecule has 0 N–H and O–H groups in total. The van der Waals surface area contributed by atoms with Gasteiger partial charge in [0.2, 0.25) is 0 Å². The Bertz CT molecular complexity index is 624. The first-order valence-electron chi connectivity index (χ1n) is 6.29. The predicted molar refractivity (Wildman–Crippen MR) is 80.3 cm³/mol. The van der Waals surface area contributed by atoms with Gasteiger partial charge in [0.05, 0.1) is 16.1 Å². The number of sulfone groups is 1. The molecule has 20 heavy (non-hydrogen) atoms. The van der Waals surface area contributed by atoms with Crippen LogP contribution in [0.25, 0.3) is 0 Å². The van der Waals surface area contributed by atoms with Gasteiger partial charge in [-0.1, -0.05) is 11.6 Å². The molecule has 2 rings (SSSR count). The molecule has 1 saturated heterocycles. The highest BCUT2D eigenvalue weighted by atomic mass is 35.5. The zero-order valence-electron chi connectivity index (χ0n) is 12.2. The van der Waals surface area contributed by atoms with Crippen molar-refractivity contribution >= 4 is 34.0 Å². The van der Waals surface area contributed by atoms with Gasteiger partial charge < -0.3 is 9.31 Å². The lowest BCUT2D eigenvalue weighted by Gasteiger charge is -2.32. The molecule has 0 bridgehead atoms. The summed E-state index contributed by atoms with van der Waals surface area (Å²) in [5, 5.41) is 0.427. The Morgan fingerprint density at radius 2 is 1.60 bits per heavy atom. The fraction of sp³-hybridized carbons (Fsp3) is 0.538. The summed E-state index contributed by atoms with van der Waals surface area (Å²) in [7, 11) is -3.97. The Morgan fingerprint density at radius 1 is 1.10 bits per heavy atom. The van der Waals surface area contributed by atoms with Crippen molar-refractivity contribution in [2.75, 3.05) is 6.26 Å². The van der Waals surface area contributed by atoms with E-state index in [9.17, 15) is 8.42 Å². The van der Waals surface area contributed by atoms with E-state index in [0.29, 0.717) is 10.5 Å². The van der Waals surface area contributed by atoms with Crippen LogP contribution in [0.1, 0.15) is 27.7 Å². The van der Waals surface area contributed by atoms with Crippen LogP contribution in [-0.4, -0.2) is 33.0 Å². The summed E-state index contributed by atoms with van der Waals surface area (Å²) in [6, 6.07) is 4.55. The molecule has 1 fully saturated rings. The van der Waals surface area contributed by atoms with Gasteiger partial charge in [0.25, 0.3) is 0 Å². The molecule has 7 heteroatoms. The normalized spacial score (nSPS) is 21.2. The lowest BCUT2D eigenvalue weighted by molar-refractivity contribution is 0.00578. The summed E-state index contributed by atoms with van der Waals surface area (Å²) in [5.41, 5.74) is -0.460. The SMILES string of the molecule is CC1(C)OB(c2cc(S(C)(=O)=O)ccc2Cl)OC1(C)C. The van der Waals surface area contributed by atoms with Crippen LogP contribution in [0.5, 0.6) is 0 Å². The van der Waals surface area contributed by atoms with Crippen LogP contribution in [0, 0.1) is 0 Å². The maximum Gasteiger partial charge on any atom is 0.496 e. The lowest BCUT2D eigenvalue weighted by atomic mass is 9.79. The highest BCUT2D eigenvalue weighted by Gasteiger charge is 2.52. The molecule has 0 saturated carbocycles. The largest absolute Gasteiger partial charge is 0.496 e. The van der Waals surface area contributed by atoms with Gasteiger partial charge in [-0.2, -0.15) is 0 Å². The van der Waals surface area contributed by atoms with Gasteiger partial charge in [0, 0.05) is 16.7 Å². The van der Waals surface area contributed by atoms with E-state index >= 15 is 0 Å². The highest BCUT2D eigenvalue weighted by molar-refractivity contribution is 7.90. The molecule has 0 spiro atoms. The Morgan fingerprint density at radius 3 is 2.05 bits per heavy atom. The topological polar surface area (TPSA) is 52.6 Å². The monoisotopic (exact) mass is 316 g/mol. The number of rotatable bonds is 2. The van der Waals surface area contributed by atoms with Crippen LogP contribution in [0.3, 0.4) is 0 Å². The van der Waals surface area contributed by atoms with Crippen LogP contribution in [0.4, 0.5) is 0 Å². The van der Waals surface area contributed by atoms with Crippen molar-refractivity contribution in [3.63, 3.8) is 0 Å². The third-order valence-electron chi connectivity index (χ3n) is 3.90. The van der Waals surface area contributed by atoms with Crippen molar-refractivity contribution in [2.45, 2.75) is 43.8 Å². The van der Waals surface area contributed by atoms with Crippen molar-refractivity contribution in [3.8, 4) is 0 Å². The van der Waals surface area contributed by atoms with Crippen LogP contribution in [-0.2, 0) is 19.1 Å². The Hall–Kier alpha value is -0.555. The zero-order chi connectivity index (χ0) is 15.3. The van der Waals surface area contributed by atoms with Crippen molar-refractivity contribution in [3.05, 3.63) is 23.2 Å². The summed E-state index contributed by atoms with van der Waals surface area (Å²) in [4.78, 5) is 0.201. The van der Waals surface area contributed by atoms with Crippen LogP contribution in [0.2, 0.25) is 5.02 Å². The van der Waals surface area contributed by atoms with E-state index in [1.54, 1.807) is 6.07 Å². The van der Waals surface area contributed by atoms with Crippen molar-refractivity contribution in [1.82, 2.24) is 0 Å². The minimum absolute atomic E-state index is 0.201. The Labute approximate surface area is 125 Å². The van der Waals surface area contributed by atoms with Gasteiger partial charge >= 0.3 is 7.12 Å². The molecule has 0 atom stereocenters. The fourth-order valence-electron chi connectivity index (χ4n) is 1.90. The van der Waals surface area contributed by atoms with Gasteiger partial charge in [-0.15, -0.1) is 0 Å². The minimum atomic E-state index is -3.30. The van der Waals surface area contributed by atoms with Crippen molar-refractivity contribution in [1.29, 1.82) is 0 Å². The molecule has 110 valence electrons. The average molecular weight is 317 g/mol. The fourth-order valence-corrected chi connectivity index (χ4v) is 2.77. The maximum absolute atomic E-state index is 11.6. The maximum atomic E-state index is 11.6. The third-order valence-corrected chi connectivity index (χ3v) is 5.36. The summed E-state index contributed by atoms with van der Waals surface area (Å²) >= 11 is 6.16. The predicted octanol–water partition coefficient (Wildman–Crippen LogP) is 2.04. The van der Waals surface area contributed by atoms with Gasteiger partial charge in [-0.3, -0.25) is 0 Å². The molecule has 4 nitrogen and oxygen atoms in total. The highest BCUT2D eigenvalue weighted by Crippen LogP contribution is 2.37. The first-order chi connectivity index (χ1) is 8.94. The summed E-state index contributed by atoms with van der Waals surface area (Å²) < 4.78 is 35.1. The van der Waals surface area contributed by atoms with Gasteiger partial charge in [-0.05, 0) is 45.9 Å². The molecule has 1 heterocycles. The van der Waals surface area contributed by atoms with E-state index in [4.69, 9.17) is 20.9 Å². The molecule has 0 aromatic heterocycles. The number of halogens is 1. The second kappa shape index (κ2) is 4.73. The smallest absolute Gasteiger partial charge is 0.399 e. The van der Waals surface area contributed by atoms with Gasteiger partial charge in [0.15, 0.2) is 9.84 Å². The van der Waals surface area contributed by atoms with Crippen LogP contribution < -0.4 is 5.46 Å². The quantitative estimate of drug-likeness (QED) is 0.784. The summed E-state index contributed by atoms with van der Waals surface area (Å²) in [6.45, 7) is 7.73. The lowest BCUT2D eigenvalue weighted by Crippen LogP contribution is -2.41. The standard InChI is InChI=1S/C13H18BClO4S/c1-12(2)13(3,4)19-14(18-12)10-8-9(20(5,16)17)6-7-11(10)15/h6-8H,1-5H3. The number of hydrogen-bond acceptors (Lipinski definition) is 4. The third kappa shape index (κ3) is 2.75. The van der Waals surface area contributed by atoms with E-state index in [2.05, 4.69) is 0 Å². The summed E-state index contributed by atoms with van der Waals surface area (Å²) in [6.07, 6.45) is 1.16. The summed E-state index contributed by atoms with van der Waals surface area (Å²) in [5.74, 6) is 0.